The largest absolute Gasteiger partial charge is 0.366 e. The Hall–Kier alpha value is -2.10. The highest BCUT2D eigenvalue weighted by atomic mass is 15.3. The summed E-state index contributed by atoms with van der Waals surface area (Å²) in [6.45, 7) is 2.02. The van der Waals surface area contributed by atoms with Gasteiger partial charge in [0, 0.05) is 17.5 Å². The van der Waals surface area contributed by atoms with Gasteiger partial charge in [0.2, 0.25) is 0 Å². The molecule has 0 spiro atoms. The number of nitrogens with one attached hydrogen (secondary N) is 1. The second-order valence-electron chi connectivity index (χ2n) is 6.88. The molecule has 3 aromatic rings. The van der Waals surface area contributed by atoms with Crippen molar-refractivity contribution in [3.63, 3.8) is 0 Å². The summed E-state index contributed by atoms with van der Waals surface area (Å²) in [4.78, 5) is 4.87. The fraction of sp³-hybridized carbons (Fsp3) is 0.444. The summed E-state index contributed by atoms with van der Waals surface area (Å²) in [5.41, 5.74) is 3.08. The molecule has 2 aromatic heterocycles. The minimum Gasteiger partial charge on any atom is -0.366 e. The van der Waals surface area contributed by atoms with Crippen molar-refractivity contribution in [1.82, 2.24) is 14.6 Å². The van der Waals surface area contributed by atoms with Crippen molar-refractivity contribution in [3.8, 4) is 0 Å². The predicted molar refractivity (Wildman–Crippen MR) is 88.1 cm³/mol. The Morgan fingerprint density at radius 1 is 1.09 bits per heavy atom. The first kappa shape index (κ1) is 12.4. The van der Waals surface area contributed by atoms with Gasteiger partial charge < -0.3 is 5.32 Å². The molecular weight excluding hydrogens is 272 g/mol. The highest BCUT2D eigenvalue weighted by Gasteiger charge is 2.41. The van der Waals surface area contributed by atoms with Crippen LogP contribution in [-0.2, 0) is 0 Å². The Bertz CT molecular complexity index is 846. The molecule has 4 nitrogen and oxygen atoms in total. The number of para-hydroxylation sites is 1. The van der Waals surface area contributed by atoms with Gasteiger partial charge in [-0.05, 0) is 56.6 Å². The van der Waals surface area contributed by atoms with Crippen LogP contribution in [0, 0.1) is 18.8 Å². The molecule has 2 saturated carbocycles. The van der Waals surface area contributed by atoms with E-state index in [1.165, 1.54) is 31.1 Å². The number of nitrogens with zero attached hydrogens (tertiary/aromatic N) is 3. The Morgan fingerprint density at radius 3 is 2.59 bits per heavy atom. The minimum absolute atomic E-state index is 0.613. The van der Waals surface area contributed by atoms with Crippen molar-refractivity contribution >= 4 is 22.4 Å². The van der Waals surface area contributed by atoms with Crippen LogP contribution in [0.5, 0.6) is 0 Å². The summed E-state index contributed by atoms with van der Waals surface area (Å²) in [5, 5.41) is 9.55. The second kappa shape index (κ2) is 4.45. The molecule has 0 atom stereocenters. The first-order valence-corrected chi connectivity index (χ1v) is 8.31. The van der Waals surface area contributed by atoms with Gasteiger partial charge in [-0.1, -0.05) is 12.1 Å². The van der Waals surface area contributed by atoms with Crippen LogP contribution in [0.4, 0.5) is 5.82 Å². The number of fused-ring (bicyclic) bond motifs is 5. The van der Waals surface area contributed by atoms with Crippen LogP contribution in [0.1, 0.15) is 31.4 Å². The van der Waals surface area contributed by atoms with Crippen molar-refractivity contribution in [2.24, 2.45) is 11.8 Å². The maximum Gasteiger partial charge on any atom is 0.158 e. The van der Waals surface area contributed by atoms with Gasteiger partial charge in [0.15, 0.2) is 5.65 Å². The van der Waals surface area contributed by atoms with Gasteiger partial charge in [0.1, 0.15) is 5.82 Å². The predicted octanol–water partition coefficient (Wildman–Crippen LogP) is 3.79. The molecule has 0 unspecified atom stereocenters. The minimum atomic E-state index is 0.613. The molecule has 2 heterocycles. The van der Waals surface area contributed by atoms with Gasteiger partial charge in [0.05, 0.1) is 11.2 Å². The third-order valence-electron chi connectivity index (χ3n) is 5.56. The molecule has 1 N–H and O–H groups in total. The number of benzene rings is 1. The van der Waals surface area contributed by atoms with E-state index in [-0.39, 0.29) is 0 Å². The molecule has 2 bridgehead atoms. The maximum atomic E-state index is 4.87. The van der Waals surface area contributed by atoms with E-state index in [1.54, 1.807) is 0 Å². The zero-order chi connectivity index (χ0) is 14.7. The summed E-state index contributed by atoms with van der Waals surface area (Å²) in [6.07, 6.45) is 5.53. The summed E-state index contributed by atoms with van der Waals surface area (Å²) >= 11 is 0. The van der Waals surface area contributed by atoms with Crippen LogP contribution in [-0.4, -0.2) is 20.6 Å². The number of aromatic nitrogens is 3. The van der Waals surface area contributed by atoms with Crippen LogP contribution >= 0.6 is 0 Å². The molecule has 4 heteroatoms. The van der Waals surface area contributed by atoms with Gasteiger partial charge in [-0.3, -0.25) is 0 Å². The lowest BCUT2D eigenvalue weighted by atomic mass is 10.0. The Kier molecular flexibility index (Phi) is 2.52. The SMILES string of the molecule is Cc1cc2nc(NC3C4CCC3CC4)c3ccccc3n2n1. The first-order valence-electron chi connectivity index (χ1n) is 8.31. The highest BCUT2D eigenvalue weighted by Crippen LogP contribution is 2.46. The standard InChI is InChI=1S/C18H20N4/c1-11-10-16-19-18(20-17-12-6-7-13(17)9-8-12)14-4-2-3-5-15(14)22(16)21-11/h2-5,10,12-13,17H,6-9H2,1H3,(H,19,20). The molecule has 2 fully saturated rings. The van der Waals surface area contributed by atoms with E-state index in [2.05, 4.69) is 40.7 Å². The van der Waals surface area contributed by atoms with Crippen LogP contribution < -0.4 is 5.32 Å². The third kappa shape index (κ3) is 1.70. The van der Waals surface area contributed by atoms with Crippen LogP contribution in [0.3, 0.4) is 0 Å². The zero-order valence-electron chi connectivity index (χ0n) is 12.8. The van der Waals surface area contributed by atoms with E-state index in [1.807, 2.05) is 11.4 Å². The molecule has 0 saturated heterocycles. The highest BCUT2D eigenvalue weighted by molar-refractivity contribution is 5.91. The van der Waals surface area contributed by atoms with Gasteiger partial charge in [-0.25, -0.2) is 9.50 Å². The van der Waals surface area contributed by atoms with E-state index in [0.29, 0.717) is 6.04 Å². The van der Waals surface area contributed by atoms with E-state index in [0.717, 1.165) is 34.5 Å². The number of aryl methyl sites for hydroxylation is 1. The monoisotopic (exact) mass is 292 g/mol. The molecule has 0 amide bonds. The van der Waals surface area contributed by atoms with Crippen molar-refractivity contribution in [1.29, 1.82) is 0 Å². The van der Waals surface area contributed by atoms with E-state index >= 15 is 0 Å². The fourth-order valence-corrected chi connectivity index (χ4v) is 4.53. The topological polar surface area (TPSA) is 42.2 Å². The Labute approximate surface area is 129 Å². The fourth-order valence-electron chi connectivity index (χ4n) is 4.53. The van der Waals surface area contributed by atoms with Gasteiger partial charge >= 0.3 is 0 Å². The third-order valence-corrected chi connectivity index (χ3v) is 5.56. The van der Waals surface area contributed by atoms with Gasteiger partial charge in [-0.2, -0.15) is 5.10 Å². The van der Waals surface area contributed by atoms with Crippen molar-refractivity contribution in [2.45, 2.75) is 38.6 Å². The van der Waals surface area contributed by atoms with E-state index in [9.17, 15) is 0 Å². The first-order chi connectivity index (χ1) is 10.8. The van der Waals surface area contributed by atoms with Crippen molar-refractivity contribution in [3.05, 3.63) is 36.0 Å². The molecule has 0 radical (unpaired) electrons. The number of anilines is 1. The number of hydrogen-bond acceptors (Lipinski definition) is 3. The number of rotatable bonds is 2. The average molecular weight is 292 g/mol. The molecule has 5 rings (SSSR count). The molecule has 2 aliphatic rings. The Balaban J connectivity index is 1.68. The molecular formula is C18H20N4. The summed E-state index contributed by atoms with van der Waals surface area (Å²) < 4.78 is 1.96. The Morgan fingerprint density at radius 2 is 1.82 bits per heavy atom. The van der Waals surface area contributed by atoms with Gasteiger partial charge in [0.25, 0.3) is 0 Å². The van der Waals surface area contributed by atoms with Crippen molar-refractivity contribution < 1.29 is 0 Å². The lowest BCUT2D eigenvalue weighted by Crippen LogP contribution is -2.25. The van der Waals surface area contributed by atoms with E-state index in [4.69, 9.17) is 4.98 Å². The lowest BCUT2D eigenvalue weighted by Gasteiger charge is -2.19. The molecule has 1 aromatic carbocycles. The maximum absolute atomic E-state index is 4.87. The molecule has 112 valence electrons. The average Bonchev–Trinajstić information content (AvgIpc) is 3.21. The molecule has 2 aliphatic carbocycles. The number of hydrogen-bond donors (Lipinski definition) is 1. The quantitative estimate of drug-likeness (QED) is 0.781. The second-order valence-corrected chi connectivity index (χ2v) is 6.88. The lowest BCUT2D eigenvalue weighted by molar-refractivity contribution is 0.480. The van der Waals surface area contributed by atoms with E-state index < -0.39 is 0 Å². The summed E-state index contributed by atoms with van der Waals surface area (Å²) in [5.74, 6) is 2.72. The van der Waals surface area contributed by atoms with Crippen LogP contribution in [0.2, 0.25) is 0 Å². The van der Waals surface area contributed by atoms with Crippen LogP contribution in [0.25, 0.3) is 16.6 Å². The zero-order valence-corrected chi connectivity index (χ0v) is 12.8. The smallest absolute Gasteiger partial charge is 0.158 e. The van der Waals surface area contributed by atoms with Gasteiger partial charge in [-0.15, -0.1) is 0 Å². The van der Waals surface area contributed by atoms with Crippen LogP contribution in [0.15, 0.2) is 30.3 Å². The summed E-state index contributed by atoms with van der Waals surface area (Å²) in [7, 11) is 0. The summed E-state index contributed by atoms with van der Waals surface area (Å²) in [6, 6.07) is 11.1. The van der Waals surface area contributed by atoms with Crippen molar-refractivity contribution in [2.75, 3.05) is 5.32 Å². The molecule has 22 heavy (non-hydrogen) atoms. The molecule has 0 aliphatic heterocycles. The normalized spacial score (nSPS) is 27.0.